The van der Waals surface area contributed by atoms with Crippen molar-refractivity contribution in [1.29, 1.82) is 0 Å². The van der Waals surface area contributed by atoms with Gasteiger partial charge in [0.2, 0.25) is 10.0 Å². The van der Waals surface area contributed by atoms with E-state index >= 15 is 0 Å². The van der Waals surface area contributed by atoms with Gasteiger partial charge in [-0.25, -0.2) is 13.1 Å². The molecule has 0 saturated carbocycles. The number of nitrogens with one attached hydrogen (secondary N) is 1. The Morgan fingerprint density at radius 1 is 1.19 bits per heavy atom. The number of aromatic nitrogens is 1. The minimum atomic E-state index is -3.69. The summed E-state index contributed by atoms with van der Waals surface area (Å²) in [5.74, 6) is 1.83. The highest BCUT2D eigenvalue weighted by molar-refractivity contribution is 7.89. The molecule has 0 amide bonds. The molecule has 1 aliphatic heterocycles. The van der Waals surface area contributed by atoms with Crippen molar-refractivity contribution in [3.05, 3.63) is 59.8 Å². The molecule has 1 aromatic heterocycles. The highest BCUT2D eigenvalue weighted by Crippen LogP contribution is 2.38. The van der Waals surface area contributed by atoms with Crippen LogP contribution in [-0.2, 0) is 23.2 Å². The first kappa shape index (κ1) is 16.6. The zero-order valence-corrected chi connectivity index (χ0v) is 14.7. The summed E-state index contributed by atoms with van der Waals surface area (Å²) in [5, 5.41) is 3.75. The Kier molecular flexibility index (Phi) is 4.14. The van der Waals surface area contributed by atoms with E-state index in [1.165, 1.54) is 12.1 Å². The molecular formula is C18H16N2O5S. The van der Waals surface area contributed by atoms with Gasteiger partial charge in [0, 0.05) is 6.54 Å². The van der Waals surface area contributed by atoms with Crippen LogP contribution in [0.4, 0.5) is 0 Å². The Balaban J connectivity index is 1.57. The second-order valence-corrected chi connectivity index (χ2v) is 7.57. The van der Waals surface area contributed by atoms with Crippen LogP contribution < -0.4 is 14.2 Å². The molecule has 2 heterocycles. The molecule has 1 aliphatic rings. The maximum Gasteiger partial charge on any atom is 0.240 e. The van der Waals surface area contributed by atoms with E-state index in [9.17, 15) is 8.42 Å². The molecular weight excluding hydrogens is 356 g/mol. The zero-order chi connectivity index (χ0) is 18.1. The lowest BCUT2D eigenvalue weighted by Crippen LogP contribution is -2.23. The molecule has 3 aromatic rings. The summed E-state index contributed by atoms with van der Waals surface area (Å²) < 4.78 is 43.8. The van der Waals surface area contributed by atoms with Gasteiger partial charge in [-0.15, -0.1) is 0 Å². The normalized spacial score (nSPS) is 12.8. The van der Waals surface area contributed by atoms with E-state index in [0.717, 1.165) is 11.1 Å². The molecule has 0 atom stereocenters. The molecule has 0 saturated heterocycles. The van der Waals surface area contributed by atoms with E-state index in [1.807, 2.05) is 12.1 Å². The minimum Gasteiger partial charge on any atom is -0.497 e. The Hall–Kier alpha value is -2.84. The van der Waals surface area contributed by atoms with Crippen LogP contribution in [0.1, 0.15) is 11.1 Å². The first-order chi connectivity index (χ1) is 12.6. The van der Waals surface area contributed by atoms with Gasteiger partial charge < -0.3 is 14.0 Å². The molecule has 0 spiro atoms. The van der Waals surface area contributed by atoms with Crippen LogP contribution in [0.5, 0.6) is 11.5 Å². The predicted molar refractivity (Wildman–Crippen MR) is 93.3 cm³/mol. The van der Waals surface area contributed by atoms with Gasteiger partial charge in [-0.2, -0.15) is 0 Å². The van der Waals surface area contributed by atoms with Gasteiger partial charge in [-0.05, 0) is 35.9 Å². The maximum absolute atomic E-state index is 12.6. The largest absolute Gasteiger partial charge is 0.497 e. The molecule has 0 unspecified atom stereocenters. The lowest BCUT2D eigenvalue weighted by Gasteiger charge is -2.16. The molecule has 0 bridgehead atoms. The Labute approximate surface area is 150 Å². The predicted octanol–water partition coefficient (Wildman–Crippen LogP) is 2.72. The fraction of sp³-hybridized carbons (Fsp3) is 0.167. The van der Waals surface area contributed by atoms with E-state index in [-0.39, 0.29) is 11.4 Å². The molecule has 7 nitrogen and oxygen atoms in total. The summed E-state index contributed by atoms with van der Waals surface area (Å²) >= 11 is 0. The molecule has 134 valence electrons. The lowest BCUT2D eigenvalue weighted by molar-refractivity contribution is 0.297. The first-order valence-corrected chi connectivity index (χ1v) is 9.38. The molecule has 0 fully saturated rings. The second-order valence-electron chi connectivity index (χ2n) is 5.80. The number of benzene rings is 2. The summed E-state index contributed by atoms with van der Waals surface area (Å²) in [5.41, 5.74) is 2.20. The van der Waals surface area contributed by atoms with Crippen LogP contribution in [-0.4, -0.2) is 20.7 Å². The molecule has 2 aromatic carbocycles. The summed E-state index contributed by atoms with van der Waals surface area (Å²) in [7, 11) is -2.11. The number of hydrogen-bond acceptors (Lipinski definition) is 6. The third kappa shape index (κ3) is 3.04. The molecule has 0 radical (unpaired) electrons. The minimum absolute atomic E-state index is 0.137. The highest BCUT2D eigenvalue weighted by atomic mass is 32.2. The SMILES string of the molecule is COc1ccc(CNS(=O)(=O)c2ccc3c(c2)-c2oncc2CO3)cc1. The Morgan fingerprint density at radius 3 is 2.77 bits per heavy atom. The molecule has 0 aliphatic carbocycles. The molecule has 26 heavy (non-hydrogen) atoms. The van der Waals surface area contributed by atoms with Crippen molar-refractivity contribution in [2.45, 2.75) is 18.0 Å². The van der Waals surface area contributed by atoms with Gasteiger partial charge in [0.1, 0.15) is 18.1 Å². The van der Waals surface area contributed by atoms with Crippen LogP contribution in [0.15, 0.2) is 58.1 Å². The number of nitrogens with zero attached hydrogens (tertiary/aromatic N) is 1. The Bertz CT molecular complexity index is 1040. The quantitative estimate of drug-likeness (QED) is 0.741. The summed E-state index contributed by atoms with van der Waals surface area (Å²) in [4.78, 5) is 0.137. The van der Waals surface area contributed by atoms with E-state index < -0.39 is 10.0 Å². The topological polar surface area (TPSA) is 90.7 Å². The summed E-state index contributed by atoms with van der Waals surface area (Å²) in [6.45, 7) is 0.529. The Morgan fingerprint density at radius 2 is 2.00 bits per heavy atom. The van der Waals surface area contributed by atoms with Crippen molar-refractivity contribution in [3.8, 4) is 22.8 Å². The zero-order valence-electron chi connectivity index (χ0n) is 13.9. The van der Waals surface area contributed by atoms with Gasteiger partial charge in [0.25, 0.3) is 0 Å². The highest BCUT2D eigenvalue weighted by Gasteiger charge is 2.24. The average Bonchev–Trinajstić information content (AvgIpc) is 3.16. The third-order valence-electron chi connectivity index (χ3n) is 4.16. The van der Waals surface area contributed by atoms with Gasteiger partial charge in [0.15, 0.2) is 5.76 Å². The lowest BCUT2D eigenvalue weighted by atomic mass is 10.1. The summed E-state index contributed by atoms with van der Waals surface area (Å²) in [6, 6.07) is 11.9. The van der Waals surface area contributed by atoms with Crippen LogP contribution in [0, 0.1) is 0 Å². The van der Waals surface area contributed by atoms with Crippen molar-refractivity contribution in [1.82, 2.24) is 9.88 Å². The van der Waals surface area contributed by atoms with Crippen LogP contribution in [0.3, 0.4) is 0 Å². The van der Waals surface area contributed by atoms with E-state index in [4.69, 9.17) is 14.0 Å². The maximum atomic E-state index is 12.6. The van der Waals surface area contributed by atoms with Crippen LogP contribution in [0.2, 0.25) is 0 Å². The molecule has 4 rings (SSSR count). The number of ether oxygens (including phenoxy) is 2. The van der Waals surface area contributed by atoms with Gasteiger partial charge in [-0.1, -0.05) is 17.3 Å². The van der Waals surface area contributed by atoms with E-state index in [1.54, 1.807) is 31.5 Å². The van der Waals surface area contributed by atoms with Crippen molar-refractivity contribution >= 4 is 10.0 Å². The number of rotatable bonds is 5. The molecule has 1 N–H and O–H groups in total. The standard InChI is InChI=1S/C18H16N2O5S/c1-23-14-4-2-12(3-5-14)9-20-26(21,22)15-6-7-17-16(8-15)18-13(11-24-17)10-19-25-18/h2-8,10,20H,9,11H2,1H3. The fourth-order valence-corrected chi connectivity index (χ4v) is 3.77. The van der Waals surface area contributed by atoms with Crippen molar-refractivity contribution < 1.29 is 22.4 Å². The fourth-order valence-electron chi connectivity index (χ4n) is 2.73. The second kappa shape index (κ2) is 6.47. The smallest absolute Gasteiger partial charge is 0.240 e. The monoisotopic (exact) mass is 372 g/mol. The van der Waals surface area contributed by atoms with Crippen LogP contribution in [0.25, 0.3) is 11.3 Å². The van der Waals surface area contributed by atoms with Gasteiger partial charge in [-0.3, -0.25) is 0 Å². The van der Waals surface area contributed by atoms with Crippen molar-refractivity contribution in [2.75, 3.05) is 7.11 Å². The first-order valence-electron chi connectivity index (χ1n) is 7.90. The van der Waals surface area contributed by atoms with E-state index in [2.05, 4.69) is 9.88 Å². The average molecular weight is 372 g/mol. The van der Waals surface area contributed by atoms with Crippen LogP contribution >= 0.6 is 0 Å². The van der Waals surface area contributed by atoms with Crippen molar-refractivity contribution in [3.63, 3.8) is 0 Å². The number of sulfonamides is 1. The molecule has 8 heteroatoms. The third-order valence-corrected chi connectivity index (χ3v) is 5.56. The number of hydrogen-bond donors (Lipinski definition) is 1. The van der Waals surface area contributed by atoms with E-state index in [0.29, 0.717) is 29.4 Å². The van der Waals surface area contributed by atoms with Gasteiger partial charge in [0.05, 0.1) is 29.3 Å². The van der Waals surface area contributed by atoms with Crippen molar-refractivity contribution in [2.24, 2.45) is 0 Å². The van der Waals surface area contributed by atoms with Gasteiger partial charge >= 0.3 is 0 Å². The number of methoxy groups -OCH3 is 1. The number of fused-ring (bicyclic) bond motifs is 3. The summed E-state index contributed by atoms with van der Waals surface area (Å²) in [6.07, 6.45) is 1.57.